The van der Waals surface area contributed by atoms with E-state index in [2.05, 4.69) is 12.1 Å². The topological polar surface area (TPSA) is 39.4 Å². The minimum Gasteiger partial charge on any atom is -0.464 e. The highest BCUT2D eigenvalue weighted by molar-refractivity contribution is 5.77. The number of rotatable bonds is 7. The quantitative estimate of drug-likeness (QED) is 0.517. The van der Waals surface area contributed by atoms with Crippen molar-refractivity contribution < 1.29 is 13.9 Å². The lowest BCUT2D eigenvalue weighted by Gasteiger charge is -2.19. The predicted octanol–water partition coefficient (Wildman–Crippen LogP) is 5.27. The number of carbonyl (C=O) groups is 1. The van der Waals surface area contributed by atoms with E-state index in [9.17, 15) is 4.79 Å². The number of benzene rings is 1. The monoisotopic (exact) mass is 302 g/mol. The molecule has 3 heteroatoms. The van der Waals surface area contributed by atoms with Crippen LogP contribution in [0.25, 0.3) is 11.0 Å². The molecule has 0 unspecified atom stereocenters. The molecule has 0 saturated heterocycles. The number of hydrogen-bond donors (Lipinski definition) is 0. The van der Waals surface area contributed by atoms with Gasteiger partial charge < -0.3 is 9.15 Å². The minimum atomic E-state index is -0.372. The van der Waals surface area contributed by atoms with Crippen molar-refractivity contribution in [2.75, 3.05) is 0 Å². The van der Waals surface area contributed by atoms with Gasteiger partial charge in [-0.3, -0.25) is 4.79 Å². The van der Waals surface area contributed by atoms with Crippen LogP contribution in [-0.4, -0.2) is 11.6 Å². The number of ether oxygens (including phenoxy) is 1. The first-order valence-electron chi connectivity index (χ1n) is 8.12. The van der Waals surface area contributed by atoms with Crippen molar-refractivity contribution in [2.45, 2.75) is 64.9 Å². The Labute approximate surface area is 132 Å². The average Bonchev–Trinajstić information content (AvgIpc) is 2.88. The largest absolute Gasteiger partial charge is 0.464 e. The fourth-order valence-corrected chi connectivity index (χ4v) is 2.52. The van der Waals surface area contributed by atoms with E-state index in [1.807, 2.05) is 32.9 Å². The van der Waals surface area contributed by atoms with Gasteiger partial charge in [0, 0.05) is 11.8 Å². The molecule has 2 rings (SSSR count). The molecule has 2 aromatic rings. The second kappa shape index (κ2) is 7.48. The molecule has 0 aliphatic rings. The molecule has 0 aliphatic carbocycles. The normalized spacial score (nSPS) is 11.8. The summed E-state index contributed by atoms with van der Waals surface area (Å²) >= 11 is 0. The number of hydrogen-bond acceptors (Lipinski definition) is 3. The van der Waals surface area contributed by atoms with Gasteiger partial charge in [-0.15, -0.1) is 0 Å². The van der Waals surface area contributed by atoms with E-state index in [0.717, 1.165) is 37.7 Å². The molecular weight excluding hydrogens is 276 g/mol. The lowest BCUT2D eigenvalue weighted by molar-refractivity contribution is -0.154. The van der Waals surface area contributed by atoms with Crippen molar-refractivity contribution in [1.82, 2.24) is 0 Å². The lowest BCUT2D eigenvalue weighted by Crippen LogP contribution is -2.23. The Balaban J connectivity index is 1.60. The molecule has 0 radical (unpaired) electrons. The molecule has 22 heavy (non-hydrogen) atoms. The van der Waals surface area contributed by atoms with Crippen LogP contribution in [0.2, 0.25) is 0 Å². The SMILES string of the molecule is CC(C)(C)OC(=O)CCCCCCc1ccc2occc2c1. The molecule has 0 spiro atoms. The van der Waals surface area contributed by atoms with Crippen LogP contribution in [0, 0.1) is 0 Å². The van der Waals surface area contributed by atoms with Crippen LogP contribution in [0.4, 0.5) is 0 Å². The summed E-state index contributed by atoms with van der Waals surface area (Å²) in [4.78, 5) is 11.6. The smallest absolute Gasteiger partial charge is 0.306 e. The van der Waals surface area contributed by atoms with Crippen molar-refractivity contribution in [3.63, 3.8) is 0 Å². The van der Waals surface area contributed by atoms with Gasteiger partial charge in [-0.25, -0.2) is 0 Å². The highest BCUT2D eigenvalue weighted by Crippen LogP contribution is 2.19. The third-order valence-electron chi connectivity index (χ3n) is 3.53. The predicted molar refractivity (Wildman–Crippen MR) is 88.8 cm³/mol. The van der Waals surface area contributed by atoms with Crippen LogP contribution >= 0.6 is 0 Å². The van der Waals surface area contributed by atoms with Gasteiger partial charge in [0.25, 0.3) is 0 Å². The van der Waals surface area contributed by atoms with Crippen LogP contribution in [0.1, 0.15) is 58.4 Å². The number of aryl methyl sites for hydroxylation is 1. The van der Waals surface area contributed by atoms with Gasteiger partial charge in [-0.05, 0) is 63.8 Å². The second-order valence-corrected chi connectivity index (χ2v) is 6.79. The van der Waals surface area contributed by atoms with Crippen molar-refractivity contribution in [1.29, 1.82) is 0 Å². The third-order valence-corrected chi connectivity index (χ3v) is 3.53. The Morgan fingerprint density at radius 3 is 2.64 bits per heavy atom. The standard InChI is InChI=1S/C19H26O3/c1-19(2,3)22-18(20)9-7-5-4-6-8-15-10-11-17-16(14-15)12-13-21-17/h10-14H,4-9H2,1-3H3. The number of esters is 1. The Kier molecular flexibility index (Phi) is 5.64. The van der Waals surface area contributed by atoms with E-state index in [0.29, 0.717) is 6.42 Å². The zero-order valence-corrected chi connectivity index (χ0v) is 13.9. The number of furan rings is 1. The van der Waals surface area contributed by atoms with Crippen LogP contribution in [-0.2, 0) is 16.0 Å². The van der Waals surface area contributed by atoms with E-state index in [1.165, 1.54) is 10.9 Å². The molecule has 3 nitrogen and oxygen atoms in total. The summed E-state index contributed by atoms with van der Waals surface area (Å²) < 4.78 is 10.6. The molecule has 0 aliphatic heterocycles. The van der Waals surface area contributed by atoms with Crippen molar-refractivity contribution in [3.05, 3.63) is 36.1 Å². The summed E-state index contributed by atoms with van der Waals surface area (Å²) in [5.41, 5.74) is 1.92. The zero-order valence-electron chi connectivity index (χ0n) is 13.9. The van der Waals surface area contributed by atoms with Gasteiger partial charge in [-0.1, -0.05) is 18.9 Å². The van der Waals surface area contributed by atoms with E-state index >= 15 is 0 Å². The summed E-state index contributed by atoms with van der Waals surface area (Å²) in [6.07, 6.45) is 7.61. The summed E-state index contributed by atoms with van der Waals surface area (Å²) in [6.45, 7) is 5.71. The van der Waals surface area contributed by atoms with E-state index in [4.69, 9.17) is 9.15 Å². The zero-order chi connectivity index (χ0) is 16.0. The van der Waals surface area contributed by atoms with Gasteiger partial charge in [0.15, 0.2) is 0 Å². The molecule has 1 aromatic heterocycles. The molecule has 0 bridgehead atoms. The van der Waals surface area contributed by atoms with Gasteiger partial charge in [0.2, 0.25) is 0 Å². The van der Waals surface area contributed by atoms with Crippen molar-refractivity contribution in [2.24, 2.45) is 0 Å². The third kappa shape index (κ3) is 5.55. The van der Waals surface area contributed by atoms with Gasteiger partial charge in [0.05, 0.1) is 6.26 Å². The first-order valence-corrected chi connectivity index (χ1v) is 8.12. The minimum absolute atomic E-state index is 0.0853. The summed E-state index contributed by atoms with van der Waals surface area (Å²) in [5, 5.41) is 1.17. The molecular formula is C19H26O3. The molecule has 1 aromatic carbocycles. The maximum Gasteiger partial charge on any atom is 0.306 e. The second-order valence-electron chi connectivity index (χ2n) is 6.79. The molecule has 1 heterocycles. The molecule has 0 atom stereocenters. The summed E-state index contributed by atoms with van der Waals surface area (Å²) in [7, 11) is 0. The maximum atomic E-state index is 11.6. The first kappa shape index (κ1) is 16.6. The molecule has 0 N–H and O–H groups in total. The molecule has 0 amide bonds. The molecule has 0 saturated carbocycles. The average molecular weight is 302 g/mol. The van der Waals surface area contributed by atoms with Gasteiger partial charge in [0.1, 0.15) is 11.2 Å². The highest BCUT2D eigenvalue weighted by Gasteiger charge is 2.15. The lowest BCUT2D eigenvalue weighted by atomic mass is 10.0. The fraction of sp³-hybridized carbons (Fsp3) is 0.526. The van der Waals surface area contributed by atoms with Crippen molar-refractivity contribution in [3.8, 4) is 0 Å². The first-order chi connectivity index (χ1) is 10.4. The van der Waals surface area contributed by atoms with E-state index in [1.54, 1.807) is 6.26 Å². The highest BCUT2D eigenvalue weighted by atomic mass is 16.6. The van der Waals surface area contributed by atoms with Gasteiger partial charge in [-0.2, -0.15) is 0 Å². The van der Waals surface area contributed by atoms with Gasteiger partial charge >= 0.3 is 5.97 Å². The summed E-state index contributed by atoms with van der Waals surface area (Å²) in [6, 6.07) is 8.36. The van der Waals surface area contributed by atoms with Crippen LogP contribution in [0.5, 0.6) is 0 Å². The Morgan fingerprint density at radius 2 is 1.86 bits per heavy atom. The number of carbonyl (C=O) groups excluding carboxylic acids is 1. The van der Waals surface area contributed by atoms with E-state index < -0.39 is 0 Å². The fourth-order valence-electron chi connectivity index (χ4n) is 2.52. The number of fused-ring (bicyclic) bond motifs is 1. The van der Waals surface area contributed by atoms with Crippen LogP contribution < -0.4 is 0 Å². The van der Waals surface area contributed by atoms with Crippen molar-refractivity contribution >= 4 is 16.9 Å². The molecule has 120 valence electrons. The number of unbranched alkanes of at least 4 members (excludes halogenated alkanes) is 3. The summed E-state index contributed by atoms with van der Waals surface area (Å²) in [5.74, 6) is -0.0853. The van der Waals surface area contributed by atoms with Crippen LogP contribution in [0.3, 0.4) is 0 Å². The Hall–Kier alpha value is -1.77. The van der Waals surface area contributed by atoms with Crippen LogP contribution in [0.15, 0.2) is 34.9 Å². The Morgan fingerprint density at radius 1 is 1.09 bits per heavy atom. The molecule has 0 fully saturated rings. The van der Waals surface area contributed by atoms with E-state index in [-0.39, 0.29) is 11.6 Å². The maximum absolute atomic E-state index is 11.6. The Bertz CT molecular complexity index is 604.